The normalized spacial score (nSPS) is 11.3. The highest BCUT2D eigenvalue weighted by Gasteiger charge is 2.19. The van der Waals surface area contributed by atoms with Crippen molar-refractivity contribution in [2.24, 2.45) is 0 Å². The molecule has 0 amide bonds. The second-order valence-electron chi connectivity index (χ2n) is 7.38. The minimum absolute atomic E-state index is 0.199. The van der Waals surface area contributed by atoms with E-state index in [-0.39, 0.29) is 4.90 Å². The Labute approximate surface area is 192 Å². The summed E-state index contributed by atoms with van der Waals surface area (Å²) in [5.74, 6) is 2.92. The maximum absolute atomic E-state index is 12.9. The zero-order valence-corrected chi connectivity index (χ0v) is 19.4. The molecule has 4 aromatic rings. The van der Waals surface area contributed by atoms with Crippen LogP contribution in [0.15, 0.2) is 66.1 Å². The molecule has 9 nitrogen and oxygen atoms in total. The van der Waals surface area contributed by atoms with Gasteiger partial charge in [0.05, 0.1) is 12.0 Å². The van der Waals surface area contributed by atoms with Gasteiger partial charge in [0.2, 0.25) is 5.88 Å². The molecule has 4 rings (SSSR count). The van der Waals surface area contributed by atoms with Gasteiger partial charge in [-0.25, -0.2) is 23.4 Å². The van der Waals surface area contributed by atoms with E-state index >= 15 is 0 Å². The Balaban J connectivity index is 1.50. The van der Waals surface area contributed by atoms with Crippen molar-refractivity contribution in [3.63, 3.8) is 0 Å². The van der Waals surface area contributed by atoms with Crippen molar-refractivity contribution in [3.8, 4) is 23.2 Å². The van der Waals surface area contributed by atoms with Crippen LogP contribution in [0, 0.1) is 20.8 Å². The van der Waals surface area contributed by atoms with E-state index in [1.807, 2.05) is 11.5 Å². The van der Waals surface area contributed by atoms with Crippen LogP contribution in [0.3, 0.4) is 0 Å². The van der Waals surface area contributed by atoms with Crippen molar-refractivity contribution in [2.75, 3.05) is 11.8 Å². The Morgan fingerprint density at radius 3 is 2.36 bits per heavy atom. The van der Waals surface area contributed by atoms with Gasteiger partial charge in [0.25, 0.3) is 10.0 Å². The van der Waals surface area contributed by atoms with Crippen LogP contribution in [-0.4, -0.2) is 35.0 Å². The number of hydrogen-bond donors (Lipinski definition) is 1. The topological polar surface area (TPSA) is 108 Å². The van der Waals surface area contributed by atoms with E-state index in [9.17, 15) is 8.42 Å². The summed E-state index contributed by atoms with van der Waals surface area (Å²) in [6, 6.07) is 11.6. The van der Waals surface area contributed by atoms with Gasteiger partial charge >= 0.3 is 0 Å². The number of aryl methyl sites for hydroxylation is 3. The smallest absolute Gasteiger partial charge is 0.262 e. The van der Waals surface area contributed by atoms with Crippen LogP contribution in [0.25, 0.3) is 5.82 Å². The molecule has 0 saturated carbocycles. The summed E-state index contributed by atoms with van der Waals surface area (Å²) in [6.45, 7) is 5.40. The number of imidazole rings is 1. The molecule has 2 heterocycles. The predicted octanol–water partition coefficient (Wildman–Crippen LogP) is 4.19. The number of nitrogens with zero attached hydrogens (tertiary/aromatic N) is 4. The van der Waals surface area contributed by atoms with Crippen molar-refractivity contribution in [1.29, 1.82) is 0 Å². The number of sulfonamides is 1. The fourth-order valence-electron chi connectivity index (χ4n) is 3.33. The lowest BCUT2D eigenvalue weighted by atomic mass is 10.1. The molecule has 0 fully saturated rings. The van der Waals surface area contributed by atoms with Gasteiger partial charge in [-0.15, -0.1) is 0 Å². The fraction of sp³-hybridized carbons (Fsp3) is 0.174. The van der Waals surface area contributed by atoms with Crippen molar-refractivity contribution in [3.05, 3.63) is 78.1 Å². The molecule has 0 radical (unpaired) electrons. The summed E-state index contributed by atoms with van der Waals surface area (Å²) in [5, 5.41) is 0. The van der Waals surface area contributed by atoms with Gasteiger partial charge in [-0.1, -0.05) is 0 Å². The molecule has 0 bridgehead atoms. The van der Waals surface area contributed by atoms with Gasteiger partial charge in [-0.05, 0) is 68.3 Å². The predicted molar refractivity (Wildman–Crippen MR) is 124 cm³/mol. The second-order valence-corrected chi connectivity index (χ2v) is 9.03. The Bertz CT molecular complexity index is 1400. The highest BCUT2D eigenvalue weighted by molar-refractivity contribution is 7.92. The van der Waals surface area contributed by atoms with Crippen LogP contribution in [-0.2, 0) is 10.0 Å². The number of aromatic nitrogens is 4. The lowest BCUT2D eigenvalue weighted by molar-refractivity contribution is 0.411. The molecule has 0 aliphatic rings. The Hall–Kier alpha value is -3.92. The van der Waals surface area contributed by atoms with E-state index in [1.165, 1.54) is 6.33 Å². The lowest BCUT2D eigenvalue weighted by Crippen LogP contribution is -2.14. The molecule has 1 N–H and O–H groups in total. The first kappa shape index (κ1) is 22.3. The van der Waals surface area contributed by atoms with E-state index in [0.29, 0.717) is 34.4 Å². The highest BCUT2D eigenvalue weighted by Crippen LogP contribution is 2.28. The van der Waals surface area contributed by atoms with E-state index in [1.54, 1.807) is 75.8 Å². The first-order valence-corrected chi connectivity index (χ1v) is 11.5. The third kappa shape index (κ3) is 4.80. The van der Waals surface area contributed by atoms with Crippen LogP contribution in [0.2, 0.25) is 0 Å². The van der Waals surface area contributed by atoms with E-state index in [2.05, 4.69) is 19.7 Å². The van der Waals surface area contributed by atoms with Gasteiger partial charge in [0.15, 0.2) is 0 Å². The molecule has 0 spiro atoms. The van der Waals surface area contributed by atoms with Gasteiger partial charge < -0.3 is 9.47 Å². The molecular formula is C23H23N5O4S. The SMILES string of the molecule is COc1cc(C)c(S(=O)(=O)Nc2ccc(Oc3cc(-n4ccnc4C)ncn3)cc2)cc1C. The maximum Gasteiger partial charge on any atom is 0.262 e. The Morgan fingerprint density at radius 2 is 1.70 bits per heavy atom. The zero-order chi connectivity index (χ0) is 23.6. The standard InChI is InChI=1S/C23H23N5O4S/c1-15-12-21(16(2)11-20(15)31-4)33(29,30)27-18-5-7-19(8-6-18)32-23-13-22(25-14-26-23)28-10-9-24-17(28)3/h5-14,27H,1-4H3. The average Bonchev–Trinajstić information content (AvgIpc) is 3.22. The largest absolute Gasteiger partial charge is 0.496 e. The summed E-state index contributed by atoms with van der Waals surface area (Å²) >= 11 is 0. The molecule has 0 atom stereocenters. The zero-order valence-electron chi connectivity index (χ0n) is 18.6. The summed E-state index contributed by atoms with van der Waals surface area (Å²) in [4.78, 5) is 12.8. The summed E-state index contributed by atoms with van der Waals surface area (Å²) in [6.07, 6.45) is 4.90. The van der Waals surface area contributed by atoms with Gasteiger partial charge in [-0.3, -0.25) is 9.29 Å². The third-order valence-electron chi connectivity index (χ3n) is 5.01. The van der Waals surface area contributed by atoms with Crippen LogP contribution in [0.4, 0.5) is 5.69 Å². The monoisotopic (exact) mass is 465 g/mol. The molecular weight excluding hydrogens is 442 g/mol. The summed E-state index contributed by atoms with van der Waals surface area (Å²) in [5.41, 5.74) is 1.74. The molecule has 170 valence electrons. The molecule has 0 unspecified atom stereocenters. The molecule has 2 aromatic carbocycles. The van der Waals surface area contributed by atoms with Crippen LogP contribution < -0.4 is 14.2 Å². The first-order chi connectivity index (χ1) is 15.8. The molecule has 2 aromatic heterocycles. The Morgan fingerprint density at radius 1 is 0.939 bits per heavy atom. The maximum atomic E-state index is 12.9. The van der Waals surface area contributed by atoms with Crippen molar-refractivity contribution >= 4 is 15.7 Å². The van der Waals surface area contributed by atoms with E-state index in [4.69, 9.17) is 9.47 Å². The second kappa shape index (κ2) is 8.91. The van der Waals surface area contributed by atoms with Crippen LogP contribution in [0.5, 0.6) is 17.4 Å². The molecule has 10 heteroatoms. The van der Waals surface area contributed by atoms with Crippen molar-refractivity contribution in [2.45, 2.75) is 25.7 Å². The summed E-state index contributed by atoms with van der Waals surface area (Å²) < 4.78 is 41.3. The Kier molecular flexibility index (Phi) is 6.01. The van der Waals surface area contributed by atoms with Crippen LogP contribution in [0.1, 0.15) is 17.0 Å². The van der Waals surface area contributed by atoms with Crippen molar-refractivity contribution in [1.82, 2.24) is 19.5 Å². The van der Waals surface area contributed by atoms with E-state index in [0.717, 1.165) is 11.4 Å². The number of hydrogen-bond acceptors (Lipinski definition) is 7. The number of rotatable bonds is 7. The van der Waals surface area contributed by atoms with Gasteiger partial charge in [0, 0.05) is 24.1 Å². The number of ether oxygens (including phenoxy) is 2. The number of benzene rings is 2. The fourth-order valence-corrected chi connectivity index (χ4v) is 4.70. The minimum atomic E-state index is -3.77. The average molecular weight is 466 g/mol. The molecule has 0 aliphatic heterocycles. The quantitative estimate of drug-likeness (QED) is 0.436. The number of anilines is 1. The van der Waals surface area contributed by atoms with Crippen molar-refractivity contribution < 1.29 is 17.9 Å². The van der Waals surface area contributed by atoms with Gasteiger partial charge in [-0.2, -0.15) is 0 Å². The molecule has 33 heavy (non-hydrogen) atoms. The number of nitrogens with one attached hydrogen (secondary N) is 1. The van der Waals surface area contributed by atoms with Crippen LogP contribution >= 0.6 is 0 Å². The lowest BCUT2D eigenvalue weighted by Gasteiger charge is -2.14. The highest BCUT2D eigenvalue weighted by atomic mass is 32.2. The van der Waals surface area contributed by atoms with Gasteiger partial charge in [0.1, 0.15) is 29.5 Å². The number of methoxy groups -OCH3 is 1. The first-order valence-electron chi connectivity index (χ1n) is 10.0. The third-order valence-corrected chi connectivity index (χ3v) is 6.53. The molecule has 0 saturated heterocycles. The summed E-state index contributed by atoms with van der Waals surface area (Å²) in [7, 11) is -2.22. The molecule has 0 aliphatic carbocycles. The van der Waals surface area contributed by atoms with E-state index < -0.39 is 10.0 Å². The minimum Gasteiger partial charge on any atom is -0.496 e.